The molecule has 2 amide bonds. The minimum atomic E-state index is -0.311. The second kappa shape index (κ2) is 10.0. The fourth-order valence-corrected chi connectivity index (χ4v) is 4.45. The van der Waals surface area contributed by atoms with Crippen molar-refractivity contribution in [1.82, 2.24) is 15.2 Å². The smallest absolute Gasteiger partial charge is 0.271 e. The summed E-state index contributed by atoms with van der Waals surface area (Å²) in [5.41, 5.74) is 2.06. The van der Waals surface area contributed by atoms with E-state index in [1.165, 1.54) is 16.9 Å². The van der Waals surface area contributed by atoms with Crippen molar-refractivity contribution in [3.63, 3.8) is 0 Å². The molecule has 1 aliphatic rings. The number of thiazole rings is 1. The number of benzene rings is 2. The molecule has 0 spiro atoms. The Morgan fingerprint density at radius 2 is 1.84 bits per heavy atom. The van der Waals surface area contributed by atoms with Gasteiger partial charge in [-0.1, -0.05) is 48.0 Å². The van der Waals surface area contributed by atoms with E-state index in [1.54, 1.807) is 29.6 Å². The van der Waals surface area contributed by atoms with Gasteiger partial charge in [0.1, 0.15) is 5.69 Å². The number of nitrogens with zero attached hydrogens (tertiary/aromatic N) is 2. The highest BCUT2D eigenvalue weighted by Crippen LogP contribution is 2.19. The van der Waals surface area contributed by atoms with Crippen molar-refractivity contribution in [3.8, 4) is 0 Å². The summed E-state index contributed by atoms with van der Waals surface area (Å²) in [7, 11) is 0. The fraction of sp³-hybridized carbons (Fsp3) is 0.261. The maximum Gasteiger partial charge on any atom is 0.271 e. The van der Waals surface area contributed by atoms with Gasteiger partial charge in [0.2, 0.25) is 0 Å². The van der Waals surface area contributed by atoms with E-state index in [1.807, 2.05) is 6.07 Å². The third-order valence-electron chi connectivity index (χ3n) is 5.22. The number of carbonyl (C=O) groups is 2. The number of nitrogens with one attached hydrogen (secondary N) is 2. The number of hydrogen-bond acceptors (Lipinski definition) is 5. The molecule has 1 fully saturated rings. The topological polar surface area (TPSA) is 74.3 Å². The molecule has 0 radical (unpaired) electrons. The third-order valence-corrected chi connectivity index (χ3v) is 6.21. The highest BCUT2D eigenvalue weighted by molar-refractivity contribution is 7.14. The Hall–Kier alpha value is -2.74. The lowest BCUT2D eigenvalue weighted by molar-refractivity contribution is 0.0903. The van der Waals surface area contributed by atoms with Crippen molar-refractivity contribution in [2.24, 2.45) is 0 Å². The van der Waals surface area contributed by atoms with E-state index >= 15 is 0 Å². The molecule has 6 nitrogen and oxygen atoms in total. The lowest BCUT2D eigenvalue weighted by Crippen LogP contribution is -2.44. The van der Waals surface area contributed by atoms with E-state index in [9.17, 15) is 9.59 Å². The maximum atomic E-state index is 12.6. The number of hydrogen-bond donors (Lipinski definition) is 2. The molecule has 0 unspecified atom stereocenters. The number of halogens is 1. The van der Waals surface area contributed by atoms with Crippen LogP contribution in [0.3, 0.4) is 0 Å². The van der Waals surface area contributed by atoms with Gasteiger partial charge in [0.15, 0.2) is 5.13 Å². The van der Waals surface area contributed by atoms with Crippen LogP contribution >= 0.6 is 22.9 Å². The number of piperidine rings is 1. The first-order chi connectivity index (χ1) is 15.1. The highest BCUT2D eigenvalue weighted by Gasteiger charge is 2.22. The largest absolute Gasteiger partial charge is 0.348 e. The van der Waals surface area contributed by atoms with E-state index in [0.717, 1.165) is 32.5 Å². The molecule has 1 saturated heterocycles. The van der Waals surface area contributed by atoms with Crippen LogP contribution in [0.4, 0.5) is 5.13 Å². The van der Waals surface area contributed by atoms with Gasteiger partial charge in [-0.2, -0.15) is 0 Å². The minimum absolute atomic E-state index is 0.130. The van der Waals surface area contributed by atoms with E-state index < -0.39 is 0 Å². The first-order valence-electron chi connectivity index (χ1n) is 10.2. The predicted octanol–water partition coefficient (Wildman–Crippen LogP) is 4.44. The molecule has 1 aromatic heterocycles. The number of anilines is 1. The summed E-state index contributed by atoms with van der Waals surface area (Å²) in [6.45, 7) is 2.82. The second-order valence-electron chi connectivity index (χ2n) is 7.51. The van der Waals surface area contributed by atoms with Gasteiger partial charge in [-0.05, 0) is 36.6 Å². The van der Waals surface area contributed by atoms with Crippen LogP contribution in [0.15, 0.2) is 60.0 Å². The molecule has 3 aromatic rings. The molecule has 2 aromatic carbocycles. The van der Waals surface area contributed by atoms with Crippen LogP contribution in [-0.2, 0) is 6.54 Å². The molecule has 8 heteroatoms. The predicted molar refractivity (Wildman–Crippen MR) is 124 cm³/mol. The van der Waals surface area contributed by atoms with Gasteiger partial charge in [-0.25, -0.2) is 4.98 Å². The SMILES string of the molecule is O=C(Nc1nc(C(=O)NC2CCN(Cc3ccccc3)CC2)cs1)c1cccc(Cl)c1. The van der Waals surface area contributed by atoms with E-state index in [2.05, 4.69) is 44.8 Å². The Bertz CT molecular complexity index is 1050. The maximum absolute atomic E-state index is 12.6. The first kappa shape index (κ1) is 21.5. The van der Waals surface area contributed by atoms with Crippen LogP contribution in [0.5, 0.6) is 0 Å². The zero-order chi connectivity index (χ0) is 21.6. The molecular formula is C23H23ClN4O2S. The summed E-state index contributed by atoms with van der Waals surface area (Å²) in [5, 5.41) is 8.32. The summed E-state index contributed by atoms with van der Waals surface area (Å²) in [4.78, 5) is 31.6. The van der Waals surface area contributed by atoms with Gasteiger partial charge in [0.05, 0.1) is 0 Å². The van der Waals surface area contributed by atoms with Crippen molar-refractivity contribution in [2.45, 2.75) is 25.4 Å². The summed E-state index contributed by atoms with van der Waals surface area (Å²) < 4.78 is 0. The minimum Gasteiger partial charge on any atom is -0.348 e. The van der Waals surface area contributed by atoms with Crippen LogP contribution < -0.4 is 10.6 Å². The number of rotatable bonds is 6. The van der Waals surface area contributed by atoms with Gasteiger partial charge in [0.25, 0.3) is 11.8 Å². The Balaban J connectivity index is 1.26. The molecule has 0 saturated carbocycles. The van der Waals surface area contributed by atoms with Crippen molar-refractivity contribution < 1.29 is 9.59 Å². The first-order valence-corrected chi connectivity index (χ1v) is 11.4. The zero-order valence-electron chi connectivity index (χ0n) is 16.9. The van der Waals surface area contributed by atoms with Gasteiger partial charge in [-0.3, -0.25) is 19.8 Å². The lowest BCUT2D eigenvalue weighted by atomic mass is 10.0. The van der Waals surface area contributed by atoms with Crippen LogP contribution in [0, 0.1) is 0 Å². The number of amides is 2. The molecule has 0 atom stereocenters. The number of carbonyl (C=O) groups excluding carboxylic acids is 2. The molecule has 160 valence electrons. The average molecular weight is 455 g/mol. The van der Waals surface area contributed by atoms with Crippen LogP contribution in [-0.4, -0.2) is 40.8 Å². The van der Waals surface area contributed by atoms with E-state index in [-0.39, 0.29) is 17.9 Å². The van der Waals surface area contributed by atoms with Crippen LogP contribution in [0.2, 0.25) is 5.02 Å². The van der Waals surface area contributed by atoms with Crippen molar-refractivity contribution in [3.05, 3.63) is 81.8 Å². The Kier molecular flexibility index (Phi) is 6.96. The monoisotopic (exact) mass is 454 g/mol. The summed E-state index contributed by atoms with van der Waals surface area (Å²) in [6, 6.07) is 17.2. The molecule has 1 aliphatic heterocycles. The van der Waals surface area contributed by atoms with Gasteiger partial charge >= 0.3 is 0 Å². The summed E-state index contributed by atoms with van der Waals surface area (Å²) >= 11 is 7.15. The Morgan fingerprint density at radius 1 is 1.06 bits per heavy atom. The summed E-state index contributed by atoms with van der Waals surface area (Å²) in [5.74, 6) is -0.518. The zero-order valence-corrected chi connectivity index (χ0v) is 18.5. The van der Waals surface area contributed by atoms with Crippen molar-refractivity contribution in [1.29, 1.82) is 0 Å². The highest BCUT2D eigenvalue weighted by atomic mass is 35.5. The van der Waals surface area contributed by atoms with Gasteiger partial charge < -0.3 is 5.32 Å². The molecule has 31 heavy (non-hydrogen) atoms. The molecule has 0 bridgehead atoms. The van der Waals surface area contributed by atoms with Gasteiger partial charge in [0, 0.05) is 41.6 Å². The second-order valence-corrected chi connectivity index (χ2v) is 8.81. The molecule has 4 rings (SSSR count). The number of aromatic nitrogens is 1. The van der Waals surface area contributed by atoms with Crippen molar-refractivity contribution >= 4 is 39.9 Å². The van der Waals surface area contributed by atoms with Crippen LogP contribution in [0.1, 0.15) is 39.3 Å². The van der Waals surface area contributed by atoms with Crippen molar-refractivity contribution in [2.75, 3.05) is 18.4 Å². The molecule has 2 heterocycles. The average Bonchev–Trinajstić information content (AvgIpc) is 3.24. The Morgan fingerprint density at radius 3 is 2.58 bits per heavy atom. The molecular weight excluding hydrogens is 432 g/mol. The Labute approximate surface area is 190 Å². The van der Waals surface area contributed by atoms with Crippen LogP contribution in [0.25, 0.3) is 0 Å². The van der Waals surface area contributed by atoms with E-state index in [0.29, 0.717) is 21.4 Å². The lowest BCUT2D eigenvalue weighted by Gasteiger charge is -2.32. The number of likely N-dealkylation sites (tertiary alicyclic amines) is 1. The molecule has 2 N–H and O–H groups in total. The standard InChI is InChI=1S/C23H23ClN4O2S/c24-18-8-4-7-17(13-18)21(29)27-23-26-20(15-31-23)22(30)25-19-9-11-28(12-10-19)14-16-5-2-1-3-6-16/h1-8,13,15,19H,9-12,14H2,(H,25,30)(H,26,27,29). The normalized spacial score (nSPS) is 14.9. The third kappa shape index (κ3) is 5.91. The molecule has 0 aliphatic carbocycles. The summed E-state index contributed by atoms with van der Waals surface area (Å²) in [6.07, 6.45) is 1.81. The fourth-order valence-electron chi connectivity index (χ4n) is 3.57. The van der Waals surface area contributed by atoms with E-state index in [4.69, 9.17) is 11.6 Å². The van der Waals surface area contributed by atoms with Gasteiger partial charge in [-0.15, -0.1) is 11.3 Å². The quantitative estimate of drug-likeness (QED) is 0.577.